The summed E-state index contributed by atoms with van der Waals surface area (Å²) in [6.45, 7) is 4.49. The summed E-state index contributed by atoms with van der Waals surface area (Å²) in [5.41, 5.74) is -0.173. The molecule has 25 heavy (non-hydrogen) atoms. The number of nitrogens with zero attached hydrogens (tertiary/aromatic N) is 1. The van der Waals surface area contributed by atoms with Gasteiger partial charge in [0.25, 0.3) is 0 Å². The highest BCUT2D eigenvalue weighted by Crippen LogP contribution is 2.65. The minimum absolute atomic E-state index is 0.0252. The Morgan fingerprint density at radius 3 is 2.48 bits per heavy atom. The molecule has 0 aromatic rings. The van der Waals surface area contributed by atoms with Crippen molar-refractivity contribution in [2.45, 2.75) is 77.2 Å². The molecular weight excluding hydrogens is 310 g/mol. The monoisotopic (exact) mass is 345 g/mol. The zero-order valence-electron chi connectivity index (χ0n) is 16.0. The second kappa shape index (κ2) is 6.24. The number of hydrogen-bond donors (Lipinski definition) is 2. The molecule has 4 rings (SSSR count). The lowest BCUT2D eigenvalue weighted by Crippen LogP contribution is -2.51. The van der Waals surface area contributed by atoms with Crippen molar-refractivity contribution in [2.75, 3.05) is 6.61 Å². The standard InChI is InChI=1S/C22H35NO2/c1-21(25)9-7-16-14(11-21)3-4-18-17(16)8-10-22(2)19(5-6-20(18)22)15(12-23)13-24/h14-20,24-25H,3-11,13H2,1-2H3/t14-,15?,16+,17-,18-,19-,20+,21-,22-/m1/s1. The van der Waals surface area contributed by atoms with Crippen LogP contribution in [0.1, 0.15) is 71.6 Å². The van der Waals surface area contributed by atoms with Crippen molar-refractivity contribution in [1.29, 1.82) is 5.26 Å². The van der Waals surface area contributed by atoms with E-state index in [1.807, 2.05) is 6.92 Å². The van der Waals surface area contributed by atoms with Crippen LogP contribution >= 0.6 is 0 Å². The van der Waals surface area contributed by atoms with E-state index in [-0.39, 0.29) is 17.9 Å². The Balaban J connectivity index is 1.54. The minimum Gasteiger partial charge on any atom is -0.395 e. The van der Waals surface area contributed by atoms with E-state index in [9.17, 15) is 15.5 Å². The Hall–Kier alpha value is -0.590. The molecule has 0 aliphatic heterocycles. The van der Waals surface area contributed by atoms with Gasteiger partial charge in [-0.15, -0.1) is 0 Å². The zero-order valence-corrected chi connectivity index (χ0v) is 16.0. The van der Waals surface area contributed by atoms with Gasteiger partial charge in [-0.3, -0.25) is 0 Å². The topological polar surface area (TPSA) is 64.2 Å². The molecule has 4 fully saturated rings. The van der Waals surface area contributed by atoms with Gasteiger partial charge in [-0.1, -0.05) is 6.92 Å². The van der Waals surface area contributed by atoms with Gasteiger partial charge < -0.3 is 10.2 Å². The van der Waals surface area contributed by atoms with Crippen LogP contribution in [0.2, 0.25) is 0 Å². The minimum atomic E-state index is -0.434. The summed E-state index contributed by atoms with van der Waals surface area (Å²) in [5, 5.41) is 29.7. The number of nitriles is 1. The lowest BCUT2D eigenvalue weighted by Gasteiger charge is -2.57. The highest BCUT2D eigenvalue weighted by molar-refractivity contribution is 5.09. The van der Waals surface area contributed by atoms with Crippen molar-refractivity contribution < 1.29 is 10.2 Å². The van der Waals surface area contributed by atoms with Gasteiger partial charge in [0.1, 0.15) is 0 Å². The molecule has 0 spiro atoms. The Labute approximate surface area is 152 Å². The zero-order chi connectivity index (χ0) is 17.8. The molecular formula is C22H35NO2. The van der Waals surface area contributed by atoms with Crippen LogP contribution in [-0.2, 0) is 0 Å². The fraction of sp³-hybridized carbons (Fsp3) is 0.955. The van der Waals surface area contributed by atoms with Gasteiger partial charge in [-0.05, 0) is 106 Å². The Morgan fingerprint density at radius 1 is 1.00 bits per heavy atom. The van der Waals surface area contributed by atoms with Gasteiger partial charge in [0.2, 0.25) is 0 Å². The van der Waals surface area contributed by atoms with E-state index in [0.29, 0.717) is 5.92 Å². The number of aliphatic hydroxyl groups excluding tert-OH is 1. The summed E-state index contributed by atoms with van der Waals surface area (Å²) in [6.07, 6.45) is 10.7. The third kappa shape index (κ3) is 2.76. The van der Waals surface area contributed by atoms with E-state index in [1.54, 1.807) is 0 Å². The second-order valence-corrected chi connectivity index (χ2v) is 10.3. The molecule has 9 atom stereocenters. The van der Waals surface area contributed by atoms with Crippen LogP contribution < -0.4 is 0 Å². The maximum atomic E-state index is 10.5. The van der Waals surface area contributed by atoms with E-state index in [4.69, 9.17) is 0 Å². The summed E-state index contributed by atoms with van der Waals surface area (Å²) in [7, 11) is 0. The normalized spacial score (nSPS) is 53.2. The molecule has 0 bridgehead atoms. The van der Waals surface area contributed by atoms with Crippen molar-refractivity contribution in [2.24, 2.45) is 46.8 Å². The molecule has 0 aromatic heterocycles. The van der Waals surface area contributed by atoms with Gasteiger partial charge in [0, 0.05) is 0 Å². The van der Waals surface area contributed by atoms with Crippen molar-refractivity contribution in [3.63, 3.8) is 0 Å². The number of aliphatic hydroxyl groups is 2. The van der Waals surface area contributed by atoms with E-state index in [2.05, 4.69) is 13.0 Å². The molecule has 3 nitrogen and oxygen atoms in total. The van der Waals surface area contributed by atoms with Gasteiger partial charge in [-0.2, -0.15) is 5.26 Å². The summed E-state index contributed by atoms with van der Waals surface area (Å²) in [6, 6.07) is 2.40. The average molecular weight is 346 g/mol. The van der Waals surface area contributed by atoms with Crippen LogP contribution in [0.3, 0.4) is 0 Å². The van der Waals surface area contributed by atoms with Gasteiger partial charge in [0.05, 0.1) is 24.2 Å². The van der Waals surface area contributed by atoms with Gasteiger partial charge in [-0.25, -0.2) is 0 Å². The van der Waals surface area contributed by atoms with Crippen LogP contribution in [0, 0.1) is 58.2 Å². The van der Waals surface area contributed by atoms with Crippen LogP contribution in [0.5, 0.6) is 0 Å². The predicted molar refractivity (Wildman–Crippen MR) is 97.4 cm³/mol. The second-order valence-electron chi connectivity index (χ2n) is 10.3. The lowest BCUT2D eigenvalue weighted by molar-refractivity contribution is -0.102. The Morgan fingerprint density at radius 2 is 1.76 bits per heavy atom. The molecule has 0 aromatic carbocycles. The summed E-state index contributed by atoms with van der Waals surface area (Å²) >= 11 is 0. The molecule has 0 saturated heterocycles. The molecule has 4 aliphatic carbocycles. The third-order valence-corrected chi connectivity index (χ3v) is 9.16. The summed E-state index contributed by atoms with van der Waals surface area (Å²) in [5.74, 6) is 4.20. The smallest absolute Gasteiger partial charge is 0.0727 e. The molecule has 0 amide bonds. The molecule has 0 radical (unpaired) electrons. The first kappa shape index (κ1) is 17.8. The Kier molecular flexibility index (Phi) is 4.44. The largest absolute Gasteiger partial charge is 0.395 e. The van der Waals surface area contributed by atoms with Gasteiger partial charge in [0.15, 0.2) is 0 Å². The van der Waals surface area contributed by atoms with E-state index in [1.165, 1.54) is 38.5 Å². The van der Waals surface area contributed by atoms with Crippen molar-refractivity contribution >= 4 is 0 Å². The van der Waals surface area contributed by atoms with Crippen LogP contribution in [0.4, 0.5) is 0 Å². The summed E-state index contributed by atoms with van der Waals surface area (Å²) in [4.78, 5) is 0. The van der Waals surface area contributed by atoms with Crippen molar-refractivity contribution in [3.8, 4) is 6.07 Å². The number of rotatable bonds is 2. The lowest BCUT2D eigenvalue weighted by atomic mass is 9.48. The van der Waals surface area contributed by atoms with Crippen LogP contribution in [-0.4, -0.2) is 22.4 Å². The van der Waals surface area contributed by atoms with E-state index >= 15 is 0 Å². The number of fused-ring (bicyclic) bond motifs is 5. The third-order valence-electron chi connectivity index (χ3n) is 9.16. The fourth-order valence-corrected chi connectivity index (χ4v) is 8.04. The maximum Gasteiger partial charge on any atom is 0.0727 e. The first-order valence-electron chi connectivity index (χ1n) is 10.6. The van der Waals surface area contributed by atoms with Crippen molar-refractivity contribution in [3.05, 3.63) is 0 Å². The molecule has 1 unspecified atom stereocenters. The first-order valence-corrected chi connectivity index (χ1v) is 10.6. The molecule has 2 N–H and O–H groups in total. The van der Waals surface area contributed by atoms with Crippen LogP contribution in [0.15, 0.2) is 0 Å². The average Bonchev–Trinajstić information content (AvgIpc) is 2.92. The SMILES string of the molecule is C[C@@]1(O)CC[C@H]2[C@H](CC[C@@H]3[C@@H]2CC[C@]2(C)[C@@H](C(C#N)CO)CC[C@@H]32)C1. The van der Waals surface area contributed by atoms with Crippen molar-refractivity contribution in [1.82, 2.24) is 0 Å². The molecule has 0 heterocycles. The highest BCUT2D eigenvalue weighted by Gasteiger charge is 2.58. The Bertz CT molecular complexity index is 553. The quantitative estimate of drug-likeness (QED) is 0.790. The number of hydrogen-bond acceptors (Lipinski definition) is 3. The van der Waals surface area contributed by atoms with E-state index < -0.39 is 5.60 Å². The first-order chi connectivity index (χ1) is 11.9. The molecule has 140 valence electrons. The fourth-order valence-electron chi connectivity index (χ4n) is 8.04. The maximum absolute atomic E-state index is 10.5. The van der Waals surface area contributed by atoms with Crippen LogP contribution in [0.25, 0.3) is 0 Å². The highest BCUT2D eigenvalue weighted by atomic mass is 16.3. The molecule has 4 saturated carbocycles. The van der Waals surface area contributed by atoms with Gasteiger partial charge >= 0.3 is 0 Å². The molecule has 3 heteroatoms. The summed E-state index contributed by atoms with van der Waals surface area (Å²) < 4.78 is 0. The van der Waals surface area contributed by atoms with E-state index in [0.717, 1.165) is 48.9 Å². The molecule has 4 aliphatic rings. The predicted octanol–water partition coefficient (Wildman–Crippen LogP) is 4.14.